The largest absolute Gasteiger partial charge is 0.495 e. The Balaban J connectivity index is 1.94. The van der Waals surface area contributed by atoms with Crippen molar-refractivity contribution in [2.24, 2.45) is 0 Å². The summed E-state index contributed by atoms with van der Waals surface area (Å²) in [5, 5.41) is 6.98. The maximum Gasteiger partial charge on any atom is 0.142 e. The lowest BCUT2D eigenvalue weighted by Gasteiger charge is -2.14. The Morgan fingerprint density at radius 2 is 1.62 bits per heavy atom. The SMILES string of the molecule is COc1ccccc1Nc1cc(C)nc2c1ccc1ccccc12. The fourth-order valence-corrected chi connectivity index (χ4v) is 3.08. The van der Waals surface area contributed by atoms with Gasteiger partial charge in [-0.1, -0.05) is 48.5 Å². The van der Waals surface area contributed by atoms with Gasteiger partial charge in [0.15, 0.2) is 0 Å². The zero-order valence-corrected chi connectivity index (χ0v) is 13.7. The highest BCUT2D eigenvalue weighted by Crippen LogP contribution is 2.33. The van der Waals surface area contributed by atoms with Gasteiger partial charge in [0.05, 0.1) is 18.3 Å². The van der Waals surface area contributed by atoms with Gasteiger partial charge in [-0.3, -0.25) is 4.98 Å². The van der Waals surface area contributed by atoms with Crippen molar-refractivity contribution in [3.8, 4) is 5.75 Å². The summed E-state index contributed by atoms with van der Waals surface area (Å²) in [6, 6.07) is 22.6. The first-order chi connectivity index (χ1) is 11.8. The first kappa shape index (κ1) is 14.5. The molecule has 3 nitrogen and oxygen atoms in total. The number of aryl methyl sites for hydroxylation is 1. The molecule has 3 aromatic carbocycles. The molecule has 4 aromatic rings. The van der Waals surface area contributed by atoms with Crippen LogP contribution in [0.2, 0.25) is 0 Å². The summed E-state index contributed by atoms with van der Waals surface area (Å²) in [7, 11) is 1.68. The van der Waals surface area contributed by atoms with Crippen LogP contribution in [-0.2, 0) is 0 Å². The molecule has 0 saturated carbocycles. The Bertz CT molecular complexity index is 1040. The van der Waals surface area contributed by atoms with E-state index in [-0.39, 0.29) is 0 Å². The van der Waals surface area contributed by atoms with E-state index in [9.17, 15) is 0 Å². The van der Waals surface area contributed by atoms with E-state index in [0.29, 0.717) is 0 Å². The average molecular weight is 314 g/mol. The molecule has 0 bridgehead atoms. The molecular formula is C21H18N2O. The normalized spacial score (nSPS) is 10.9. The van der Waals surface area contributed by atoms with Gasteiger partial charge in [0, 0.05) is 22.2 Å². The molecule has 0 aliphatic rings. The molecule has 1 N–H and O–H groups in total. The Labute approximate surface area is 140 Å². The van der Waals surface area contributed by atoms with Crippen molar-refractivity contribution in [3.63, 3.8) is 0 Å². The summed E-state index contributed by atoms with van der Waals surface area (Å²) < 4.78 is 5.45. The van der Waals surface area contributed by atoms with Crippen LogP contribution in [-0.4, -0.2) is 12.1 Å². The van der Waals surface area contributed by atoms with Crippen molar-refractivity contribution in [1.82, 2.24) is 4.98 Å². The molecule has 0 aliphatic heterocycles. The zero-order valence-electron chi connectivity index (χ0n) is 13.7. The van der Waals surface area contributed by atoms with E-state index in [0.717, 1.165) is 33.7 Å². The first-order valence-electron chi connectivity index (χ1n) is 7.95. The van der Waals surface area contributed by atoms with Gasteiger partial charge in [-0.15, -0.1) is 0 Å². The number of hydrogen-bond donors (Lipinski definition) is 1. The lowest BCUT2D eigenvalue weighted by molar-refractivity contribution is 0.417. The topological polar surface area (TPSA) is 34.1 Å². The van der Waals surface area contributed by atoms with E-state index < -0.39 is 0 Å². The third kappa shape index (κ3) is 2.44. The highest BCUT2D eigenvalue weighted by Gasteiger charge is 2.09. The number of pyridine rings is 1. The van der Waals surface area contributed by atoms with Crippen LogP contribution in [0.1, 0.15) is 5.69 Å². The summed E-state index contributed by atoms with van der Waals surface area (Å²) in [6.07, 6.45) is 0. The molecule has 4 rings (SSSR count). The fraction of sp³-hybridized carbons (Fsp3) is 0.0952. The third-order valence-electron chi connectivity index (χ3n) is 4.21. The summed E-state index contributed by atoms with van der Waals surface area (Å²) in [5.74, 6) is 0.820. The van der Waals surface area contributed by atoms with E-state index in [1.807, 2.05) is 31.2 Å². The quantitative estimate of drug-likeness (QED) is 0.511. The molecule has 0 aliphatic carbocycles. The molecule has 0 radical (unpaired) electrons. The van der Waals surface area contributed by atoms with Gasteiger partial charge in [0.25, 0.3) is 0 Å². The molecule has 0 atom stereocenters. The molecular weight excluding hydrogens is 296 g/mol. The molecule has 0 spiro atoms. The van der Waals surface area contributed by atoms with Gasteiger partial charge in [0.1, 0.15) is 5.75 Å². The van der Waals surface area contributed by atoms with E-state index in [2.05, 4.69) is 47.8 Å². The van der Waals surface area contributed by atoms with Crippen LogP contribution in [0.3, 0.4) is 0 Å². The molecule has 24 heavy (non-hydrogen) atoms. The van der Waals surface area contributed by atoms with Crippen molar-refractivity contribution in [3.05, 3.63) is 72.4 Å². The molecule has 0 fully saturated rings. The van der Waals surface area contributed by atoms with Crippen LogP contribution in [0.15, 0.2) is 66.7 Å². The van der Waals surface area contributed by atoms with Gasteiger partial charge >= 0.3 is 0 Å². The van der Waals surface area contributed by atoms with Gasteiger partial charge < -0.3 is 10.1 Å². The number of para-hydroxylation sites is 2. The van der Waals surface area contributed by atoms with E-state index >= 15 is 0 Å². The Hall–Kier alpha value is -3.07. The predicted molar refractivity (Wildman–Crippen MR) is 100 cm³/mol. The number of ether oxygens (including phenoxy) is 1. The van der Waals surface area contributed by atoms with Crippen LogP contribution in [0, 0.1) is 6.92 Å². The molecule has 0 amide bonds. The lowest BCUT2D eigenvalue weighted by Crippen LogP contribution is -1.97. The maximum absolute atomic E-state index is 5.45. The molecule has 0 saturated heterocycles. The van der Waals surface area contributed by atoms with Crippen LogP contribution >= 0.6 is 0 Å². The minimum absolute atomic E-state index is 0.820. The Morgan fingerprint density at radius 3 is 2.50 bits per heavy atom. The number of anilines is 2. The molecule has 118 valence electrons. The standard InChI is InChI=1S/C21H18N2O/c1-14-13-19(23-18-9-5-6-10-20(18)24-2)17-12-11-15-7-3-4-8-16(15)21(17)22-14/h3-13H,1-2H3,(H,22,23). The van der Waals surface area contributed by atoms with Crippen molar-refractivity contribution in [2.45, 2.75) is 6.92 Å². The number of hydrogen-bond acceptors (Lipinski definition) is 3. The van der Waals surface area contributed by atoms with Gasteiger partial charge in [-0.25, -0.2) is 0 Å². The smallest absolute Gasteiger partial charge is 0.142 e. The predicted octanol–water partition coefficient (Wildman–Crippen LogP) is 5.45. The fourth-order valence-electron chi connectivity index (χ4n) is 3.08. The number of methoxy groups -OCH3 is 1. The highest BCUT2D eigenvalue weighted by molar-refractivity contribution is 6.09. The molecule has 1 heterocycles. The lowest BCUT2D eigenvalue weighted by atomic mass is 10.0. The molecule has 1 aromatic heterocycles. The monoisotopic (exact) mass is 314 g/mol. The van der Waals surface area contributed by atoms with Crippen molar-refractivity contribution < 1.29 is 4.74 Å². The molecule has 0 unspecified atom stereocenters. The van der Waals surface area contributed by atoms with Crippen molar-refractivity contribution in [2.75, 3.05) is 12.4 Å². The minimum atomic E-state index is 0.820. The Kier molecular flexibility index (Phi) is 3.54. The van der Waals surface area contributed by atoms with Crippen molar-refractivity contribution >= 4 is 33.1 Å². The van der Waals surface area contributed by atoms with E-state index in [1.165, 1.54) is 10.8 Å². The van der Waals surface area contributed by atoms with Crippen LogP contribution < -0.4 is 10.1 Å². The second-order valence-electron chi connectivity index (χ2n) is 5.82. The number of fused-ring (bicyclic) bond motifs is 3. The van der Waals surface area contributed by atoms with Crippen LogP contribution in [0.5, 0.6) is 5.75 Å². The number of rotatable bonds is 3. The zero-order chi connectivity index (χ0) is 16.5. The van der Waals surface area contributed by atoms with Gasteiger partial charge in [-0.05, 0) is 30.5 Å². The number of nitrogens with one attached hydrogen (secondary N) is 1. The summed E-state index contributed by atoms with van der Waals surface area (Å²) in [6.45, 7) is 2.02. The highest BCUT2D eigenvalue weighted by atomic mass is 16.5. The minimum Gasteiger partial charge on any atom is -0.495 e. The number of benzene rings is 3. The van der Waals surface area contributed by atoms with Crippen LogP contribution in [0.4, 0.5) is 11.4 Å². The Morgan fingerprint density at radius 1 is 0.833 bits per heavy atom. The van der Waals surface area contributed by atoms with E-state index in [4.69, 9.17) is 9.72 Å². The van der Waals surface area contributed by atoms with Crippen molar-refractivity contribution in [1.29, 1.82) is 0 Å². The second-order valence-corrected chi connectivity index (χ2v) is 5.82. The molecule has 3 heteroatoms. The van der Waals surface area contributed by atoms with Gasteiger partial charge in [-0.2, -0.15) is 0 Å². The summed E-state index contributed by atoms with van der Waals surface area (Å²) in [4.78, 5) is 4.78. The second kappa shape index (κ2) is 5.85. The summed E-state index contributed by atoms with van der Waals surface area (Å²) >= 11 is 0. The van der Waals surface area contributed by atoms with Crippen LogP contribution in [0.25, 0.3) is 21.7 Å². The third-order valence-corrected chi connectivity index (χ3v) is 4.21. The van der Waals surface area contributed by atoms with E-state index in [1.54, 1.807) is 7.11 Å². The maximum atomic E-state index is 5.45. The number of aromatic nitrogens is 1. The first-order valence-corrected chi connectivity index (χ1v) is 7.95. The summed E-state index contributed by atoms with van der Waals surface area (Å²) in [5.41, 5.74) is 3.98. The van der Waals surface area contributed by atoms with Gasteiger partial charge in [0.2, 0.25) is 0 Å². The number of nitrogens with zero attached hydrogens (tertiary/aromatic N) is 1. The average Bonchev–Trinajstić information content (AvgIpc) is 2.62.